The highest BCUT2D eigenvalue weighted by molar-refractivity contribution is 6.17. The van der Waals surface area contributed by atoms with Gasteiger partial charge < -0.3 is 0 Å². The van der Waals surface area contributed by atoms with E-state index in [1.54, 1.807) is 12.4 Å². The van der Waals surface area contributed by atoms with Gasteiger partial charge in [-0.3, -0.25) is 9.98 Å². The van der Waals surface area contributed by atoms with Gasteiger partial charge in [-0.05, 0) is 0 Å². The zero-order valence-electron chi connectivity index (χ0n) is 7.59. The number of hydrogen-bond donors (Lipinski definition) is 0. The van der Waals surface area contributed by atoms with Crippen LogP contribution in [-0.2, 0) is 5.66 Å². The molecule has 0 amide bonds. The molecule has 0 N–H and O–H groups in total. The van der Waals surface area contributed by atoms with Gasteiger partial charge in [0.05, 0.1) is 12.5 Å². The van der Waals surface area contributed by atoms with Gasteiger partial charge in [0.15, 0.2) is 5.66 Å². The second-order valence-corrected chi connectivity index (χ2v) is 3.07. The van der Waals surface area contributed by atoms with Crippen LogP contribution in [0.15, 0.2) is 40.3 Å². The molecule has 3 nitrogen and oxygen atoms in total. The molecule has 14 heavy (non-hydrogen) atoms. The van der Waals surface area contributed by atoms with E-state index in [2.05, 4.69) is 16.1 Å². The molecule has 2 rings (SSSR count). The Balaban J connectivity index is 2.44. The lowest BCUT2D eigenvalue weighted by Gasteiger charge is -2.19. The first-order valence-electron chi connectivity index (χ1n) is 4.39. The summed E-state index contributed by atoms with van der Waals surface area (Å²) in [5.74, 6) is 0. The van der Waals surface area contributed by atoms with Crippen molar-refractivity contribution >= 4 is 12.4 Å². The molecular formula is C11H9N3. The van der Waals surface area contributed by atoms with Crippen molar-refractivity contribution in [1.82, 2.24) is 0 Å². The molecule has 1 aromatic rings. The predicted octanol–water partition coefficient (Wildman–Crippen LogP) is 1.91. The van der Waals surface area contributed by atoms with Crippen molar-refractivity contribution in [2.45, 2.75) is 12.1 Å². The molecule has 68 valence electrons. The summed E-state index contributed by atoms with van der Waals surface area (Å²) in [6.45, 7) is 0. The number of nitriles is 1. The van der Waals surface area contributed by atoms with Gasteiger partial charge in [-0.15, -0.1) is 0 Å². The van der Waals surface area contributed by atoms with E-state index in [1.807, 2.05) is 30.3 Å². The highest BCUT2D eigenvalue weighted by Crippen LogP contribution is 2.32. The molecule has 0 fully saturated rings. The van der Waals surface area contributed by atoms with Crippen molar-refractivity contribution in [3.8, 4) is 6.07 Å². The van der Waals surface area contributed by atoms with E-state index >= 15 is 0 Å². The van der Waals surface area contributed by atoms with Gasteiger partial charge >= 0.3 is 0 Å². The summed E-state index contributed by atoms with van der Waals surface area (Å²) in [5, 5.41) is 8.76. The lowest BCUT2D eigenvalue weighted by molar-refractivity contribution is 0.497. The summed E-state index contributed by atoms with van der Waals surface area (Å²) < 4.78 is 0. The van der Waals surface area contributed by atoms with Crippen molar-refractivity contribution in [2.24, 2.45) is 9.98 Å². The second-order valence-electron chi connectivity index (χ2n) is 3.07. The Kier molecular flexibility index (Phi) is 2.11. The third-order valence-corrected chi connectivity index (χ3v) is 2.20. The molecule has 1 aliphatic heterocycles. The van der Waals surface area contributed by atoms with Crippen molar-refractivity contribution in [1.29, 1.82) is 5.26 Å². The van der Waals surface area contributed by atoms with E-state index in [-0.39, 0.29) is 6.42 Å². The number of hydrogen-bond acceptors (Lipinski definition) is 3. The van der Waals surface area contributed by atoms with E-state index in [0.29, 0.717) is 0 Å². The lowest BCUT2D eigenvalue weighted by atomic mass is 9.98. The summed E-state index contributed by atoms with van der Waals surface area (Å²) in [6.07, 6.45) is 3.57. The van der Waals surface area contributed by atoms with Gasteiger partial charge in [0.25, 0.3) is 0 Å². The Morgan fingerprint density at radius 1 is 1.14 bits per heavy atom. The van der Waals surface area contributed by atoms with Crippen molar-refractivity contribution in [2.75, 3.05) is 0 Å². The molecule has 0 spiro atoms. The molecule has 0 saturated heterocycles. The lowest BCUT2D eigenvalue weighted by Crippen LogP contribution is -2.17. The number of nitrogens with zero attached hydrogens (tertiary/aromatic N) is 3. The normalized spacial score (nSPS) is 16.8. The van der Waals surface area contributed by atoms with E-state index in [0.717, 1.165) is 5.56 Å². The van der Waals surface area contributed by atoms with Gasteiger partial charge in [-0.2, -0.15) is 5.26 Å². The predicted molar refractivity (Wildman–Crippen MR) is 55.3 cm³/mol. The number of aliphatic imine (C=N–C) groups is 2. The van der Waals surface area contributed by atoms with Gasteiger partial charge in [-0.1, -0.05) is 30.3 Å². The summed E-state index contributed by atoms with van der Waals surface area (Å²) in [5.41, 5.74) is 0.280. The Morgan fingerprint density at radius 3 is 2.36 bits per heavy atom. The second kappa shape index (κ2) is 3.43. The van der Waals surface area contributed by atoms with E-state index < -0.39 is 5.66 Å². The fraction of sp³-hybridized carbons (Fsp3) is 0.182. The summed E-state index contributed by atoms with van der Waals surface area (Å²) in [7, 11) is 0. The largest absolute Gasteiger partial charge is 0.256 e. The van der Waals surface area contributed by atoms with Crippen molar-refractivity contribution in [3.63, 3.8) is 0 Å². The standard InChI is InChI=1S/C11H9N3/c12-7-6-11(13-8-9-14-11)10-4-2-1-3-5-10/h1-5,8-9H,6H2. The Hall–Kier alpha value is -1.95. The molecule has 0 aromatic heterocycles. The third kappa shape index (κ3) is 1.31. The molecule has 0 bridgehead atoms. The topological polar surface area (TPSA) is 48.5 Å². The van der Waals surface area contributed by atoms with Crippen LogP contribution < -0.4 is 0 Å². The summed E-state index contributed by atoms with van der Waals surface area (Å²) in [6, 6.07) is 11.8. The highest BCUT2D eigenvalue weighted by atomic mass is 15.1. The third-order valence-electron chi connectivity index (χ3n) is 2.20. The average molecular weight is 183 g/mol. The molecule has 0 radical (unpaired) electrons. The first-order chi connectivity index (χ1) is 6.87. The van der Waals surface area contributed by atoms with Crippen molar-refractivity contribution in [3.05, 3.63) is 35.9 Å². The molecule has 1 heterocycles. The molecule has 0 saturated carbocycles. The maximum Gasteiger partial charge on any atom is 0.188 e. The SMILES string of the molecule is N#CCC1(c2ccccc2)N=CC=N1. The summed E-state index contributed by atoms with van der Waals surface area (Å²) >= 11 is 0. The smallest absolute Gasteiger partial charge is 0.188 e. The molecule has 0 unspecified atom stereocenters. The quantitative estimate of drug-likeness (QED) is 0.690. The fourth-order valence-corrected chi connectivity index (χ4v) is 1.50. The number of benzene rings is 1. The number of rotatable bonds is 2. The zero-order valence-corrected chi connectivity index (χ0v) is 7.59. The van der Waals surface area contributed by atoms with Gasteiger partial charge in [-0.25, -0.2) is 0 Å². The van der Waals surface area contributed by atoms with Crippen LogP contribution in [0, 0.1) is 11.3 Å². The molecule has 3 heteroatoms. The van der Waals surface area contributed by atoms with Crippen LogP contribution in [0.4, 0.5) is 0 Å². The first-order valence-corrected chi connectivity index (χ1v) is 4.39. The van der Waals surface area contributed by atoms with Gasteiger partial charge in [0, 0.05) is 18.0 Å². The Bertz CT molecular complexity index is 400. The van der Waals surface area contributed by atoms with Crippen LogP contribution in [0.3, 0.4) is 0 Å². The van der Waals surface area contributed by atoms with Crippen LogP contribution in [0.25, 0.3) is 0 Å². The van der Waals surface area contributed by atoms with Crippen LogP contribution in [0.2, 0.25) is 0 Å². The Morgan fingerprint density at radius 2 is 1.79 bits per heavy atom. The van der Waals surface area contributed by atoms with Crippen LogP contribution >= 0.6 is 0 Å². The average Bonchev–Trinajstić information content (AvgIpc) is 2.70. The fourth-order valence-electron chi connectivity index (χ4n) is 1.50. The minimum Gasteiger partial charge on any atom is -0.256 e. The minimum atomic E-state index is -0.685. The summed E-state index contributed by atoms with van der Waals surface area (Å²) in [4.78, 5) is 8.51. The van der Waals surface area contributed by atoms with Crippen LogP contribution in [-0.4, -0.2) is 12.4 Å². The Labute approximate surface area is 82.4 Å². The monoisotopic (exact) mass is 183 g/mol. The molecule has 1 aliphatic rings. The van der Waals surface area contributed by atoms with Crippen LogP contribution in [0.5, 0.6) is 0 Å². The van der Waals surface area contributed by atoms with Gasteiger partial charge in [0.1, 0.15) is 0 Å². The maximum absolute atomic E-state index is 8.76. The molecule has 0 aliphatic carbocycles. The van der Waals surface area contributed by atoms with Crippen LogP contribution in [0.1, 0.15) is 12.0 Å². The molecule has 0 atom stereocenters. The minimum absolute atomic E-state index is 0.282. The maximum atomic E-state index is 8.76. The zero-order chi connectivity index (χ0) is 9.86. The first kappa shape index (κ1) is 8.64. The van der Waals surface area contributed by atoms with Crippen molar-refractivity contribution < 1.29 is 0 Å². The van der Waals surface area contributed by atoms with Gasteiger partial charge in [0.2, 0.25) is 0 Å². The van der Waals surface area contributed by atoms with E-state index in [1.165, 1.54) is 0 Å². The molecular weight excluding hydrogens is 174 g/mol. The highest BCUT2D eigenvalue weighted by Gasteiger charge is 2.31. The molecule has 1 aromatic carbocycles. The van der Waals surface area contributed by atoms with E-state index in [4.69, 9.17) is 5.26 Å². The van der Waals surface area contributed by atoms with E-state index in [9.17, 15) is 0 Å².